The molecule has 0 fully saturated rings. The Labute approximate surface area is 298 Å². The molecule has 5 aromatic carbocycles. The van der Waals surface area contributed by atoms with E-state index in [9.17, 15) is 0 Å². The first kappa shape index (κ1) is 29.6. The van der Waals surface area contributed by atoms with E-state index in [-0.39, 0.29) is 0 Å². The zero-order valence-corrected chi connectivity index (χ0v) is 27.8. The molecule has 0 N–H and O–H groups in total. The van der Waals surface area contributed by atoms with Gasteiger partial charge in [0.05, 0.1) is 27.8 Å². The van der Waals surface area contributed by atoms with Gasteiger partial charge in [-0.15, -0.1) is 0 Å². The van der Waals surface area contributed by atoms with Gasteiger partial charge in [-0.05, 0) is 96.1 Å². The zero-order valence-electron chi connectivity index (χ0n) is 27.8. The molecule has 0 saturated carbocycles. The van der Waals surface area contributed by atoms with Crippen molar-refractivity contribution in [2.45, 2.75) is 0 Å². The summed E-state index contributed by atoms with van der Waals surface area (Å²) in [5.41, 5.74) is 12.5. The molecule has 5 aromatic heterocycles. The van der Waals surface area contributed by atoms with Gasteiger partial charge in [0.25, 0.3) is 0 Å². The van der Waals surface area contributed by atoms with Crippen LogP contribution in [-0.4, -0.2) is 29.5 Å². The van der Waals surface area contributed by atoms with Crippen LogP contribution in [0.15, 0.2) is 175 Å². The largest absolute Gasteiger partial charge is 0.435 e. The van der Waals surface area contributed by atoms with Gasteiger partial charge in [-0.3, -0.25) is 9.97 Å². The van der Waals surface area contributed by atoms with E-state index in [1.165, 1.54) is 0 Å². The van der Waals surface area contributed by atoms with E-state index in [1.54, 1.807) is 12.4 Å². The Morgan fingerprint density at radius 2 is 1.04 bits per heavy atom. The Morgan fingerprint density at radius 1 is 0.442 bits per heavy atom. The molecule has 10 rings (SSSR count). The molecule has 0 saturated heterocycles. The van der Waals surface area contributed by atoms with Crippen molar-refractivity contribution in [1.29, 1.82) is 0 Å². The molecule has 0 bridgehead atoms. The lowest BCUT2D eigenvalue weighted by molar-refractivity contribution is 0.623. The minimum absolute atomic E-state index is 0.613. The predicted molar refractivity (Wildman–Crippen MR) is 207 cm³/mol. The number of oxazole rings is 1. The first-order valence-electron chi connectivity index (χ1n) is 17.1. The van der Waals surface area contributed by atoms with Crippen LogP contribution >= 0.6 is 0 Å². The second-order valence-electron chi connectivity index (χ2n) is 12.6. The molecule has 7 nitrogen and oxygen atoms in total. The lowest BCUT2D eigenvalue weighted by atomic mass is 10.0. The Bertz CT molecular complexity index is 2870. The van der Waals surface area contributed by atoms with Gasteiger partial charge in [0.2, 0.25) is 5.89 Å². The third-order valence-electron chi connectivity index (χ3n) is 9.49. The van der Waals surface area contributed by atoms with Crippen LogP contribution in [0, 0.1) is 0 Å². The highest BCUT2D eigenvalue weighted by Gasteiger charge is 2.19. The van der Waals surface area contributed by atoms with E-state index in [2.05, 4.69) is 93.4 Å². The molecular weight excluding hydrogens is 641 g/mol. The molecule has 0 radical (unpaired) electrons. The maximum absolute atomic E-state index is 6.48. The van der Waals surface area contributed by atoms with Gasteiger partial charge in [-0.1, -0.05) is 60.7 Å². The van der Waals surface area contributed by atoms with Crippen LogP contribution in [-0.2, 0) is 0 Å². The monoisotopic (exact) mass is 668 g/mol. The molecule has 0 unspecified atom stereocenters. The van der Waals surface area contributed by atoms with Crippen molar-refractivity contribution in [2.75, 3.05) is 0 Å². The minimum Gasteiger partial charge on any atom is -0.435 e. The Kier molecular flexibility index (Phi) is 6.99. The number of nitrogens with zero attached hydrogens (tertiary/aromatic N) is 6. The van der Waals surface area contributed by atoms with Gasteiger partial charge in [0.1, 0.15) is 5.52 Å². The summed E-state index contributed by atoms with van der Waals surface area (Å²) in [6, 6.07) is 49.6. The van der Waals surface area contributed by atoms with E-state index in [0.717, 1.165) is 83.4 Å². The van der Waals surface area contributed by atoms with Crippen molar-refractivity contribution in [1.82, 2.24) is 29.5 Å². The van der Waals surface area contributed by atoms with Crippen molar-refractivity contribution < 1.29 is 4.42 Å². The Morgan fingerprint density at radius 3 is 1.77 bits per heavy atom. The van der Waals surface area contributed by atoms with Crippen LogP contribution in [0.5, 0.6) is 0 Å². The number of rotatable bonds is 6. The summed E-state index contributed by atoms with van der Waals surface area (Å²) in [4.78, 5) is 23.4. The zero-order chi connectivity index (χ0) is 34.4. The van der Waals surface area contributed by atoms with Crippen LogP contribution in [0.3, 0.4) is 0 Å². The van der Waals surface area contributed by atoms with E-state index >= 15 is 0 Å². The lowest BCUT2D eigenvalue weighted by Crippen LogP contribution is -1.97. The molecule has 52 heavy (non-hydrogen) atoms. The standard InChI is InChI=1S/C45H28N6O/c1-2-6-34(7-3-1)45-50-37-18-19-41-42(43(37)52-45)36-8-4-5-9-40(36)51(41)35-16-14-33(15-17-35)44-48-38(28-39(49-44)32-22-26-47-27-23-32)31-12-10-29(11-13-31)30-20-24-46-25-21-30/h1-28H. The molecule has 0 aliphatic rings. The Balaban J connectivity index is 1.07. The van der Waals surface area contributed by atoms with Gasteiger partial charge in [-0.2, -0.15) is 0 Å². The maximum Gasteiger partial charge on any atom is 0.227 e. The van der Waals surface area contributed by atoms with Crippen LogP contribution in [0.1, 0.15) is 0 Å². The number of hydrogen-bond donors (Lipinski definition) is 0. The number of benzene rings is 5. The highest BCUT2D eigenvalue weighted by atomic mass is 16.3. The van der Waals surface area contributed by atoms with Gasteiger partial charge < -0.3 is 8.98 Å². The summed E-state index contributed by atoms with van der Waals surface area (Å²) in [7, 11) is 0. The molecule has 0 atom stereocenters. The number of fused-ring (bicyclic) bond motifs is 5. The third-order valence-corrected chi connectivity index (χ3v) is 9.49. The summed E-state index contributed by atoms with van der Waals surface area (Å²) < 4.78 is 8.76. The van der Waals surface area contributed by atoms with E-state index in [1.807, 2.05) is 79.1 Å². The normalized spacial score (nSPS) is 11.5. The first-order valence-corrected chi connectivity index (χ1v) is 17.1. The summed E-state index contributed by atoms with van der Waals surface area (Å²) in [6.45, 7) is 0. The van der Waals surface area contributed by atoms with Gasteiger partial charge in [0.15, 0.2) is 11.4 Å². The van der Waals surface area contributed by atoms with Crippen molar-refractivity contribution in [3.05, 3.63) is 170 Å². The van der Waals surface area contributed by atoms with Crippen LogP contribution in [0.25, 0.3) is 95.1 Å². The molecule has 0 spiro atoms. The molecular formula is C45H28N6O. The smallest absolute Gasteiger partial charge is 0.227 e. The van der Waals surface area contributed by atoms with Crippen molar-refractivity contribution in [3.8, 4) is 62.2 Å². The molecule has 5 heterocycles. The molecule has 244 valence electrons. The topological polar surface area (TPSA) is 82.5 Å². The Hall–Kier alpha value is -7.25. The summed E-state index contributed by atoms with van der Waals surface area (Å²) >= 11 is 0. The summed E-state index contributed by atoms with van der Waals surface area (Å²) in [5, 5.41) is 2.15. The summed E-state index contributed by atoms with van der Waals surface area (Å²) in [5.74, 6) is 1.26. The minimum atomic E-state index is 0.613. The fourth-order valence-corrected chi connectivity index (χ4v) is 6.95. The molecule has 0 aliphatic carbocycles. The molecule has 7 heteroatoms. The average Bonchev–Trinajstić information content (AvgIpc) is 3.82. The van der Waals surface area contributed by atoms with Crippen molar-refractivity contribution in [3.63, 3.8) is 0 Å². The van der Waals surface area contributed by atoms with Gasteiger partial charge >= 0.3 is 0 Å². The van der Waals surface area contributed by atoms with Crippen molar-refractivity contribution >= 4 is 32.9 Å². The SMILES string of the molecule is c1ccc(-c2nc3ccc4c(c5ccccc5n4-c4ccc(-c5nc(-c6ccncc6)cc(-c6ccc(-c7ccncc7)cc6)n5)cc4)c3o2)cc1. The molecule has 10 aromatic rings. The summed E-state index contributed by atoms with van der Waals surface area (Å²) in [6.07, 6.45) is 7.19. The van der Waals surface area contributed by atoms with E-state index in [0.29, 0.717) is 11.7 Å². The molecule has 0 aliphatic heterocycles. The fourth-order valence-electron chi connectivity index (χ4n) is 6.95. The number of para-hydroxylation sites is 1. The quantitative estimate of drug-likeness (QED) is 0.175. The molecule has 0 amide bonds. The number of pyridine rings is 2. The highest BCUT2D eigenvalue weighted by Crippen LogP contribution is 2.39. The second kappa shape index (κ2) is 12.3. The first-order chi connectivity index (χ1) is 25.8. The highest BCUT2D eigenvalue weighted by molar-refractivity contribution is 6.19. The lowest BCUT2D eigenvalue weighted by Gasteiger charge is -2.11. The van der Waals surface area contributed by atoms with Crippen molar-refractivity contribution in [2.24, 2.45) is 0 Å². The van der Waals surface area contributed by atoms with Crippen LogP contribution in [0.2, 0.25) is 0 Å². The fraction of sp³-hybridized carbons (Fsp3) is 0. The van der Waals surface area contributed by atoms with Crippen LogP contribution < -0.4 is 0 Å². The van der Waals surface area contributed by atoms with E-state index < -0.39 is 0 Å². The maximum atomic E-state index is 6.48. The van der Waals surface area contributed by atoms with Gasteiger partial charge in [-0.25, -0.2) is 15.0 Å². The van der Waals surface area contributed by atoms with Gasteiger partial charge in [0, 0.05) is 58.1 Å². The van der Waals surface area contributed by atoms with E-state index in [4.69, 9.17) is 19.4 Å². The average molecular weight is 669 g/mol. The number of aromatic nitrogens is 6. The predicted octanol–water partition coefficient (Wildman–Crippen LogP) is 10.8. The third kappa shape index (κ3) is 5.11. The second-order valence-corrected chi connectivity index (χ2v) is 12.6. The van der Waals surface area contributed by atoms with Crippen LogP contribution in [0.4, 0.5) is 0 Å². The number of hydrogen-bond acceptors (Lipinski definition) is 6.